The molecule has 1 saturated heterocycles. The van der Waals surface area contributed by atoms with Crippen LogP contribution in [0.25, 0.3) is 23.4 Å². The lowest BCUT2D eigenvalue weighted by atomic mass is 10.1. The highest BCUT2D eigenvalue weighted by molar-refractivity contribution is 5.74. The number of H-pyrrole nitrogens is 1. The molecule has 3 aromatic rings. The van der Waals surface area contributed by atoms with Gasteiger partial charge in [0.05, 0.1) is 11.3 Å². The fraction of sp³-hybridized carbons (Fsp3) is 0.296. The average Bonchev–Trinajstić information content (AvgIpc) is 3.27. The summed E-state index contributed by atoms with van der Waals surface area (Å²) in [6, 6.07) is 18.2. The van der Waals surface area contributed by atoms with Crippen molar-refractivity contribution in [2.45, 2.75) is 26.4 Å². The van der Waals surface area contributed by atoms with Crippen molar-refractivity contribution in [3.63, 3.8) is 0 Å². The van der Waals surface area contributed by atoms with Gasteiger partial charge in [-0.05, 0) is 50.6 Å². The molecule has 0 atom stereocenters. The number of carbonyl (C=O) groups is 1. The Morgan fingerprint density at radius 2 is 1.82 bits per heavy atom. The summed E-state index contributed by atoms with van der Waals surface area (Å²) in [5.74, 6) is 0.777. The van der Waals surface area contributed by atoms with E-state index in [-0.39, 0.29) is 6.09 Å². The molecule has 1 N–H and O–H groups in total. The maximum absolute atomic E-state index is 12.4. The number of ether oxygens (including phenoxy) is 1. The molecule has 1 fully saturated rings. The topological polar surface area (TPSA) is 85.2 Å². The Bertz CT molecular complexity index is 1210. The molecule has 7 nitrogen and oxygen atoms in total. The molecule has 4 rings (SSSR count). The molecule has 3 heterocycles. The van der Waals surface area contributed by atoms with Gasteiger partial charge in [0.15, 0.2) is 0 Å². The first kappa shape index (κ1) is 23.1. The van der Waals surface area contributed by atoms with Crippen molar-refractivity contribution in [1.82, 2.24) is 14.9 Å². The van der Waals surface area contributed by atoms with Crippen LogP contribution in [-0.4, -0.2) is 52.7 Å². The lowest BCUT2D eigenvalue weighted by Gasteiger charge is -2.36. The number of rotatable bonds is 4. The highest BCUT2D eigenvalue weighted by Gasteiger charge is 2.27. The molecular formula is C27H29N5O2. The van der Waals surface area contributed by atoms with Gasteiger partial charge < -0.3 is 19.5 Å². The zero-order valence-corrected chi connectivity index (χ0v) is 19.8. The van der Waals surface area contributed by atoms with Gasteiger partial charge >= 0.3 is 6.09 Å². The van der Waals surface area contributed by atoms with E-state index in [1.807, 2.05) is 81.5 Å². The molecule has 2 aromatic heterocycles. The number of pyridine rings is 1. The minimum atomic E-state index is -0.518. The van der Waals surface area contributed by atoms with Crippen molar-refractivity contribution < 1.29 is 9.53 Å². The number of carbonyl (C=O) groups excluding carboxylic acids is 1. The number of aromatic nitrogens is 2. The second-order valence-electron chi connectivity index (χ2n) is 9.22. The summed E-state index contributed by atoms with van der Waals surface area (Å²) in [5, 5.41) is 9.74. The van der Waals surface area contributed by atoms with E-state index in [9.17, 15) is 10.1 Å². The normalized spacial score (nSPS) is 14.3. The highest BCUT2D eigenvalue weighted by Crippen LogP contribution is 2.28. The minimum absolute atomic E-state index is 0.298. The summed E-state index contributed by atoms with van der Waals surface area (Å²) < 4.78 is 5.48. The molecule has 0 radical (unpaired) electrons. The van der Waals surface area contributed by atoms with E-state index in [1.54, 1.807) is 11.1 Å². The van der Waals surface area contributed by atoms with E-state index in [0.29, 0.717) is 31.7 Å². The number of hydrogen-bond acceptors (Lipinski definition) is 5. The van der Waals surface area contributed by atoms with Gasteiger partial charge in [-0.2, -0.15) is 5.26 Å². The molecule has 0 unspecified atom stereocenters. The quantitative estimate of drug-likeness (QED) is 0.586. The Morgan fingerprint density at radius 1 is 1.09 bits per heavy atom. The number of nitriles is 1. The summed E-state index contributed by atoms with van der Waals surface area (Å²) in [7, 11) is 0. The number of amides is 1. The van der Waals surface area contributed by atoms with Crippen molar-refractivity contribution in [2.75, 3.05) is 31.1 Å². The minimum Gasteiger partial charge on any atom is -0.444 e. The monoisotopic (exact) mass is 455 g/mol. The second kappa shape index (κ2) is 9.84. The van der Waals surface area contributed by atoms with Gasteiger partial charge in [-0.15, -0.1) is 0 Å². The van der Waals surface area contributed by atoms with Gasteiger partial charge in [0, 0.05) is 43.6 Å². The van der Waals surface area contributed by atoms with E-state index in [2.05, 4.69) is 20.9 Å². The summed E-state index contributed by atoms with van der Waals surface area (Å²) in [4.78, 5) is 24.0. The first-order valence-electron chi connectivity index (χ1n) is 11.4. The van der Waals surface area contributed by atoms with Crippen LogP contribution in [0.1, 0.15) is 37.6 Å². The van der Waals surface area contributed by atoms with Crippen LogP contribution in [0.15, 0.2) is 54.7 Å². The van der Waals surface area contributed by atoms with Crippen molar-refractivity contribution in [2.24, 2.45) is 0 Å². The zero-order valence-electron chi connectivity index (χ0n) is 19.8. The predicted octanol–water partition coefficient (Wildman–Crippen LogP) is 5.18. The molecule has 1 aliphatic heterocycles. The second-order valence-corrected chi connectivity index (χ2v) is 9.22. The largest absolute Gasteiger partial charge is 0.444 e. The van der Waals surface area contributed by atoms with E-state index in [0.717, 1.165) is 28.3 Å². The summed E-state index contributed by atoms with van der Waals surface area (Å²) >= 11 is 0. The number of nitrogens with zero attached hydrogens (tertiary/aromatic N) is 4. The maximum atomic E-state index is 12.4. The fourth-order valence-electron chi connectivity index (χ4n) is 3.83. The van der Waals surface area contributed by atoms with Crippen LogP contribution < -0.4 is 4.90 Å². The molecule has 174 valence electrons. The average molecular weight is 456 g/mol. The summed E-state index contributed by atoms with van der Waals surface area (Å²) in [6.45, 7) is 7.91. The van der Waals surface area contributed by atoms with E-state index in [4.69, 9.17) is 4.74 Å². The van der Waals surface area contributed by atoms with Gasteiger partial charge in [0.1, 0.15) is 17.5 Å². The van der Waals surface area contributed by atoms with Crippen LogP contribution in [-0.2, 0) is 4.74 Å². The number of hydrogen-bond donors (Lipinski definition) is 1. The molecule has 7 heteroatoms. The number of benzene rings is 1. The lowest BCUT2D eigenvalue weighted by molar-refractivity contribution is 0.0240. The Labute approximate surface area is 200 Å². The molecule has 1 amide bonds. The third kappa shape index (κ3) is 5.65. The highest BCUT2D eigenvalue weighted by atomic mass is 16.6. The number of piperazine rings is 1. The fourth-order valence-corrected chi connectivity index (χ4v) is 3.83. The molecule has 0 aliphatic carbocycles. The van der Waals surface area contributed by atoms with Crippen molar-refractivity contribution in [3.05, 3.63) is 71.5 Å². The Kier molecular flexibility index (Phi) is 6.69. The Balaban J connectivity index is 1.48. The number of anilines is 1. The van der Waals surface area contributed by atoms with Crippen LogP contribution in [0, 0.1) is 11.3 Å². The number of nitrogens with one attached hydrogen (secondary N) is 1. The SMILES string of the molecule is CC(C)(C)OC(=O)N1CCN(c2[nH]c(-c3ccnc(C=Cc4ccccc4)c3)cc2C#N)CC1. The van der Waals surface area contributed by atoms with Crippen molar-refractivity contribution in [1.29, 1.82) is 5.26 Å². The van der Waals surface area contributed by atoms with Crippen LogP contribution in [0.3, 0.4) is 0 Å². The van der Waals surface area contributed by atoms with Crippen molar-refractivity contribution >= 4 is 24.1 Å². The lowest BCUT2D eigenvalue weighted by Crippen LogP contribution is -2.50. The van der Waals surface area contributed by atoms with Crippen LogP contribution in [0.5, 0.6) is 0 Å². The molecule has 0 saturated carbocycles. The number of aromatic amines is 1. The predicted molar refractivity (Wildman–Crippen MR) is 134 cm³/mol. The molecule has 1 aromatic carbocycles. The standard InChI is InChI=1S/C27H29N5O2/c1-27(2,3)34-26(33)32-15-13-31(14-16-32)25-22(19-28)18-24(30-25)21-11-12-29-23(17-21)10-9-20-7-5-4-6-8-20/h4-12,17-18,30H,13-16H2,1-3H3. The van der Waals surface area contributed by atoms with Gasteiger partial charge in [-0.25, -0.2) is 4.79 Å². The maximum Gasteiger partial charge on any atom is 0.410 e. The van der Waals surface area contributed by atoms with E-state index in [1.165, 1.54) is 0 Å². The zero-order chi connectivity index (χ0) is 24.1. The third-order valence-corrected chi connectivity index (χ3v) is 5.50. The first-order chi connectivity index (χ1) is 16.3. The van der Waals surface area contributed by atoms with E-state index >= 15 is 0 Å². The van der Waals surface area contributed by atoms with Crippen LogP contribution in [0.2, 0.25) is 0 Å². The molecular weight excluding hydrogens is 426 g/mol. The first-order valence-corrected chi connectivity index (χ1v) is 11.4. The van der Waals surface area contributed by atoms with Crippen LogP contribution in [0.4, 0.5) is 10.6 Å². The smallest absolute Gasteiger partial charge is 0.410 e. The third-order valence-electron chi connectivity index (χ3n) is 5.50. The van der Waals surface area contributed by atoms with Gasteiger partial charge in [-0.3, -0.25) is 4.98 Å². The van der Waals surface area contributed by atoms with Crippen molar-refractivity contribution in [3.8, 4) is 17.3 Å². The molecule has 34 heavy (non-hydrogen) atoms. The molecule has 1 aliphatic rings. The summed E-state index contributed by atoms with van der Waals surface area (Å²) in [5.41, 5.74) is 3.82. The van der Waals surface area contributed by atoms with Gasteiger partial charge in [0.2, 0.25) is 0 Å². The molecule has 0 bridgehead atoms. The van der Waals surface area contributed by atoms with Gasteiger partial charge in [-0.1, -0.05) is 36.4 Å². The summed E-state index contributed by atoms with van der Waals surface area (Å²) in [6.07, 6.45) is 5.47. The van der Waals surface area contributed by atoms with Gasteiger partial charge in [0.25, 0.3) is 0 Å². The van der Waals surface area contributed by atoms with E-state index < -0.39 is 5.60 Å². The molecule has 0 spiro atoms. The van der Waals surface area contributed by atoms with Crippen LogP contribution >= 0.6 is 0 Å². The Morgan fingerprint density at radius 3 is 2.50 bits per heavy atom. The Hall–Kier alpha value is -4.05.